The van der Waals surface area contributed by atoms with E-state index >= 15 is 0 Å². The number of hydrogen-bond donors (Lipinski definition) is 2. The Labute approximate surface area is 114 Å². The predicted molar refractivity (Wildman–Crippen MR) is 70.4 cm³/mol. The van der Waals surface area contributed by atoms with Crippen molar-refractivity contribution < 1.29 is 19.7 Å². The lowest BCUT2D eigenvalue weighted by Gasteiger charge is -2.49. The van der Waals surface area contributed by atoms with Gasteiger partial charge in [0.1, 0.15) is 0 Å². The zero-order valence-corrected chi connectivity index (χ0v) is 11.5. The van der Waals surface area contributed by atoms with Crippen molar-refractivity contribution >= 4 is 0 Å². The van der Waals surface area contributed by atoms with E-state index in [1.807, 2.05) is 12.2 Å². The van der Waals surface area contributed by atoms with Gasteiger partial charge >= 0.3 is 0 Å². The van der Waals surface area contributed by atoms with Gasteiger partial charge in [-0.25, -0.2) is 0 Å². The standard InChI is InChI=1S/C15H24O4/c1-2-3-10(16)4-5-11-12-9-15(18-6-7-19-15)13(12)8-14(11)17/h4-5,10-14,16-17H,2-3,6-9H2,1H3/t10?,11?,12-,13-,14?/m0/s1. The summed E-state index contributed by atoms with van der Waals surface area (Å²) >= 11 is 0. The van der Waals surface area contributed by atoms with Gasteiger partial charge in [-0.2, -0.15) is 0 Å². The molecule has 3 rings (SSSR count). The first-order valence-corrected chi connectivity index (χ1v) is 7.48. The van der Waals surface area contributed by atoms with Crippen LogP contribution in [0.5, 0.6) is 0 Å². The van der Waals surface area contributed by atoms with Gasteiger partial charge in [-0.3, -0.25) is 0 Å². The second-order valence-electron chi connectivity index (χ2n) is 6.10. The van der Waals surface area contributed by atoms with Crippen LogP contribution in [0.1, 0.15) is 32.6 Å². The number of rotatable bonds is 4. The minimum atomic E-state index is -0.393. The fraction of sp³-hybridized carbons (Fsp3) is 0.867. The summed E-state index contributed by atoms with van der Waals surface area (Å²) in [6, 6.07) is 0. The van der Waals surface area contributed by atoms with E-state index in [1.54, 1.807) is 0 Å². The second-order valence-corrected chi connectivity index (χ2v) is 6.10. The highest BCUT2D eigenvalue weighted by Crippen LogP contribution is 2.59. The summed E-state index contributed by atoms with van der Waals surface area (Å²) in [5.74, 6) is 0.520. The van der Waals surface area contributed by atoms with Crippen LogP contribution < -0.4 is 0 Å². The van der Waals surface area contributed by atoms with Crippen LogP contribution in [0.15, 0.2) is 12.2 Å². The zero-order valence-electron chi connectivity index (χ0n) is 11.5. The number of hydrogen-bond acceptors (Lipinski definition) is 4. The highest BCUT2D eigenvalue weighted by molar-refractivity contribution is 5.13. The molecule has 1 aliphatic heterocycles. The highest BCUT2D eigenvalue weighted by Gasteiger charge is 2.64. The molecular formula is C15H24O4. The molecule has 0 radical (unpaired) electrons. The minimum Gasteiger partial charge on any atom is -0.392 e. The van der Waals surface area contributed by atoms with Gasteiger partial charge in [0.15, 0.2) is 5.79 Å². The van der Waals surface area contributed by atoms with Crippen LogP contribution in [0.4, 0.5) is 0 Å². The van der Waals surface area contributed by atoms with Crippen LogP contribution in [-0.2, 0) is 9.47 Å². The van der Waals surface area contributed by atoms with Crippen molar-refractivity contribution in [2.45, 2.75) is 50.6 Å². The molecule has 4 nitrogen and oxygen atoms in total. The van der Waals surface area contributed by atoms with Crippen LogP contribution in [0.2, 0.25) is 0 Å². The first kappa shape index (κ1) is 13.6. The van der Waals surface area contributed by atoms with E-state index in [0.29, 0.717) is 25.0 Å². The number of aliphatic hydroxyl groups is 2. The maximum Gasteiger partial charge on any atom is 0.171 e. The highest BCUT2D eigenvalue weighted by atomic mass is 16.7. The van der Waals surface area contributed by atoms with Gasteiger partial charge in [0.25, 0.3) is 0 Å². The summed E-state index contributed by atoms with van der Waals surface area (Å²) in [4.78, 5) is 0. The lowest BCUT2D eigenvalue weighted by molar-refractivity contribution is -0.270. The van der Waals surface area contributed by atoms with E-state index in [2.05, 4.69) is 6.92 Å². The first-order valence-electron chi connectivity index (χ1n) is 7.48. The molecule has 0 aromatic heterocycles. The van der Waals surface area contributed by atoms with Crippen molar-refractivity contribution in [1.29, 1.82) is 0 Å². The maximum atomic E-state index is 10.2. The Morgan fingerprint density at radius 1 is 1.37 bits per heavy atom. The van der Waals surface area contributed by atoms with Crippen molar-refractivity contribution in [2.24, 2.45) is 17.8 Å². The van der Waals surface area contributed by atoms with Crippen LogP contribution in [0, 0.1) is 17.8 Å². The van der Waals surface area contributed by atoms with Gasteiger partial charge in [0, 0.05) is 18.3 Å². The minimum absolute atomic E-state index is 0.148. The van der Waals surface area contributed by atoms with E-state index in [-0.39, 0.29) is 18.1 Å². The Hall–Kier alpha value is -0.420. The van der Waals surface area contributed by atoms with Crippen molar-refractivity contribution in [3.8, 4) is 0 Å². The van der Waals surface area contributed by atoms with E-state index in [1.165, 1.54) is 0 Å². The third-order valence-corrected chi connectivity index (χ3v) is 4.95. The number of aliphatic hydroxyl groups excluding tert-OH is 2. The molecule has 5 atom stereocenters. The lowest BCUT2D eigenvalue weighted by atomic mass is 9.67. The molecule has 3 aliphatic rings. The Morgan fingerprint density at radius 3 is 2.79 bits per heavy atom. The van der Waals surface area contributed by atoms with E-state index in [0.717, 1.165) is 25.7 Å². The molecule has 2 N–H and O–H groups in total. The molecular weight excluding hydrogens is 244 g/mol. The molecule has 0 aromatic carbocycles. The molecule has 3 fully saturated rings. The Kier molecular flexibility index (Phi) is 3.69. The SMILES string of the molecule is CCCC(O)C=CC1C(O)C[C@H]2[C@H]1CC21OCCO1. The van der Waals surface area contributed by atoms with Crippen molar-refractivity contribution in [2.75, 3.05) is 13.2 Å². The van der Waals surface area contributed by atoms with Gasteiger partial charge in [0.05, 0.1) is 25.4 Å². The van der Waals surface area contributed by atoms with E-state index in [4.69, 9.17) is 9.47 Å². The molecule has 108 valence electrons. The van der Waals surface area contributed by atoms with Gasteiger partial charge < -0.3 is 19.7 Å². The number of fused-ring (bicyclic) bond motifs is 2. The molecule has 2 aliphatic carbocycles. The molecule has 0 bridgehead atoms. The van der Waals surface area contributed by atoms with Crippen LogP contribution in [-0.4, -0.2) is 41.4 Å². The summed E-state index contributed by atoms with van der Waals surface area (Å²) in [6.07, 6.45) is 6.53. The topological polar surface area (TPSA) is 58.9 Å². The summed E-state index contributed by atoms with van der Waals surface area (Å²) in [5.41, 5.74) is 0. The van der Waals surface area contributed by atoms with Crippen molar-refractivity contribution in [1.82, 2.24) is 0 Å². The summed E-state index contributed by atoms with van der Waals surface area (Å²) in [6.45, 7) is 3.41. The summed E-state index contributed by atoms with van der Waals surface area (Å²) in [7, 11) is 0. The van der Waals surface area contributed by atoms with Gasteiger partial charge in [-0.05, 0) is 18.8 Å². The molecule has 1 saturated heterocycles. The third kappa shape index (κ3) is 2.25. The van der Waals surface area contributed by atoms with Gasteiger partial charge in [0.2, 0.25) is 0 Å². The van der Waals surface area contributed by atoms with Crippen LogP contribution >= 0.6 is 0 Å². The summed E-state index contributed by atoms with van der Waals surface area (Å²) < 4.78 is 11.5. The average Bonchev–Trinajstić information content (AvgIpc) is 2.94. The smallest absolute Gasteiger partial charge is 0.171 e. The first-order chi connectivity index (χ1) is 9.16. The Morgan fingerprint density at radius 2 is 2.11 bits per heavy atom. The molecule has 2 saturated carbocycles. The molecule has 1 spiro atoms. The largest absolute Gasteiger partial charge is 0.392 e. The summed E-state index contributed by atoms with van der Waals surface area (Å²) in [5, 5.41) is 20.0. The Bertz CT molecular complexity index is 348. The fourth-order valence-electron chi connectivity index (χ4n) is 3.97. The molecule has 0 amide bonds. The molecule has 19 heavy (non-hydrogen) atoms. The van der Waals surface area contributed by atoms with Gasteiger partial charge in [-0.1, -0.05) is 25.5 Å². The van der Waals surface area contributed by atoms with Gasteiger partial charge in [-0.15, -0.1) is 0 Å². The van der Waals surface area contributed by atoms with Crippen LogP contribution in [0.25, 0.3) is 0 Å². The normalized spacial score (nSPS) is 41.6. The molecule has 4 heteroatoms. The average molecular weight is 268 g/mol. The predicted octanol–water partition coefficient (Wildman–Crippen LogP) is 1.46. The fourth-order valence-corrected chi connectivity index (χ4v) is 3.97. The molecule has 0 aromatic rings. The number of ether oxygens (including phenoxy) is 2. The Balaban J connectivity index is 1.62. The second kappa shape index (κ2) is 5.17. The molecule has 3 unspecified atom stereocenters. The van der Waals surface area contributed by atoms with E-state index < -0.39 is 5.79 Å². The van der Waals surface area contributed by atoms with Crippen molar-refractivity contribution in [3.05, 3.63) is 12.2 Å². The third-order valence-electron chi connectivity index (χ3n) is 4.95. The quantitative estimate of drug-likeness (QED) is 0.758. The van der Waals surface area contributed by atoms with Crippen molar-refractivity contribution in [3.63, 3.8) is 0 Å². The van der Waals surface area contributed by atoms with E-state index in [9.17, 15) is 10.2 Å². The monoisotopic (exact) mass is 268 g/mol. The zero-order chi connectivity index (χ0) is 13.5. The lowest BCUT2D eigenvalue weighted by Crippen LogP contribution is -2.53. The molecule has 1 heterocycles. The maximum absolute atomic E-state index is 10.2. The van der Waals surface area contributed by atoms with Crippen LogP contribution in [0.3, 0.4) is 0 Å².